The van der Waals surface area contributed by atoms with Gasteiger partial charge in [-0.15, -0.1) is 0 Å². The van der Waals surface area contributed by atoms with Gasteiger partial charge in [-0.2, -0.15) is 13.2 Å². The lowest BCUT2D eigenvalue weighted by Crippen LogP contribution is -2.12. The highest BCUT2D eigenvalue weighted by Crippen LogP contribution is 2.37. The highest BCUT2D eigenvalue weighted by atomic mass is 19.4. The summed E-state index contributed by atoms with van der Waals surface area (Å²) in [6, 6.07) is 6.74. The highest BCUT2D eigenvalue weighted by Gasteiger charge is 2.38. The molecule has 134 valence electrons. The molecule has 0 spiro atoms. The fraction of sp³-hybridized carbons (Fsp3) is 0.118. The maximum absolute atomic E-state index is 14.3. The van der Waals surface area contributed by atoms with Crippen molar-refractivity contribution in [1.82, 2.24) is 9.97 Å². The number of hydrogen-bond donors (Lipinski definition) is 1. The lowest BCUT2D eigenvalue weighted by atomic mass is 10.1. The van der Waals surface area contributed by atoms with Crippen LogP contribution >= 0.6 is 0 Å². The molecule has 0 aliphatic rings. The van der Waals surface area contributed by atoms with Gasteiger partial charge in [0, 0.05) is 11.6 Å². The molecule has 1 N–H and O–H groups in total. The molecule has 9 heteroatoms. The average molecular weight is 366 g/mol. The van der Waals surface area contributed by atoms with Gasteiger partial charge in [-0.25, -0.2) is 19.2 Å². The predicted octanol–water partition coefficient (Wildman–Crippen LogP) is 4.16. The molecule has 0 saturated heterocycles. The van der Waals surface area contributed by atoms with Gasteiger partial charge in [-0.05, 0) is 30.3 Å². The number of nitrogens with zero attached hydrogens (tertiary/aromatic N) is 2. The van der Waals surface area contributed by atoms with Crippen LogP contribution in [0, 0.1) is 5.82 Å². The molecule has 0 bridgehead atoms. The van der Waals surface area contributed by atoms with Crippen LogP contribution in [-0.4, -0.2) is 28.2 Å². The fourth-order valence-electron chi connectivity index (χ4n) is 2.39. The van der Waals surface area contributed by atoms with Crippen molar-refractivity contribution in [2.45, 2.75) is 6.18 Å². The zero-order valence-corrected chi connectivity index (χ0v) is 13.1. The zero-order chi connectivity index (χ0) is 19.1. The molecule has 0 saturated carbocycles. The topological polar surface area (TPSA) is 72.3 Å². The number of aromatic nitrogens is 2. The van der Waals surface area contributed by atoms with Crippen LogP contribution in [0.3, 0.4) is 0 Å². The van der Waals surface area contributed by atoms with Crippen molar-refractivity contribution >= 4 is 17.0 Å². The Labute approximate surface area is 143 Å². The molecule has 1 heterocycles. The molecular weight excluding hydrogens is 356 g/mol. The van der Waals surface area contributed by atoms with Crippen molar-refractivity contribution in [2.75, 3.05) is 7.11 Å². The first-order valence-corrected chi connectivity index (χ1v) is 7.17. The molecule has 0 fully saturated rings. The number of fused-ring (bicyclic) bond motifs is 1. The number of rotatable bonds is 3. The molecular formula is C17H10F4N2O3. The largest absolute Gasteiger partial charge is 0.497 e. The number of carbonyl (C=O) groups is 1. The Morgan fingerprint density at radius 2 is 1.81 bits per heavy atom. The first kappa shape index (κ1) is 17.6. The summed E-state index contributed by atoms with van der Waals surface area (Å²) >= 11 is 0. The summed E-state index contributed by atoms with van der Waals surface area (Å²) in [5.41, 5.74) is -2.94. The van der Waals surface area contributed by atoms with Crippen LogP contribution in [0.5, 0.6) is 5.75 Å². The minimum absolute atomic E-state index is 0.0667. The monoisotopic (exact) mass is 366 g/mol. The van der Waals surface area contributed by atoms with Gasteiger partial charge in [-0.3, -0.25) is 0 Å². The van der Waals surface area contributed by atoms with E-state index >= 15 is 0 Å². The Balaban J connectivity index is 2.29. The molecule has 5 nitrogen and oxygen atoms in total. The third-order valence-corrected chi connectivity index (χ3v) is 3.61. The Hall–Kier alpha value is -3.23. The van der Waals surface area contributed by atoms with Crippen molar-refractivity contribution in [1.29, 1.82) is 0 Å². The Kier molecular flexibility index (Phi) is 4.23. The van der Waals surface area contributed by atoms with E-state index in [1.165, 1.54) is 25.3 Å². The second kappa shape index (κ2) is 6.25. The molecule has 1 aromatic heterocycles. The fourth-order valence-corrected chi connectivity index (χ4v) is 2.39. The minimum atomic E-state index is -4.89. The van der Waals surface area contributed by atoms with Gasteiger partial charge in [0.2, 0.25) is 0 Å². The summed E-state index contributed by atoms with van der Waals surface area (Å²) in [6.45, 7) is 0. The molecule has 0 radical (unpaired) electrons. The van der Waals surface area contributed by atoms with Gasteiger partial charge in [0.15, 0.2) is 5.69 Å². The lowest BCUT2D eigenvalue weighted by molar-refractivity contribution is -0.140. The van der Waals surface area contributed by atoms with Gasteiger partial charge < -0.3 is 9.84 Å². The number of alkyl halides is 3. The molecule has 3 aromatic rings. The maximum Gasteiger partial charge on any atom is 0.435 e. The Morgan fingerprint density at radius 1 is 1.08 bits per heavy atom. The first-order chi connectivity index (χ1) is 12.2. The van der Waals surface area contributed by atoms with Crippen molar-refractivity contribution < 1.29 is 32.2 Å². The lowest BCUT2D eigenvalue weighted by Gasteiger charge is -2.13. The zero-order valence-electron chi connectivity index (χ0n) is 13.1. The van der Waals surface area contributed by atoms with E-state index < -0.39 is 40.5 Å². The van der Waals surface area contributed by atoms with Gasteiger partial charge >= 0.3 is 12.1 Å². The Morgan fingerprint density at radius 3 is 2.38 bits per heavy atom. The predicted molar refractivity (Wildman–Crippen MR) is 83.4 cm³/mol. The minimum Gasteiger partial charge on any atom is -0.497 e. The molecule has 0 atom stereocenters. The Bertz CT molecular complexity index is 1020. The van der Waals surface area contributed by atoms with E-state index in [1.54, 1.807) is 0 Å². The quantitative estimate of drug-likeness (QED) is 0.705. The maximum atomic E-state index is 14.3. The van der Waals surface area contributed by atoms with Crippen LogP contribution in [0.2, 0.25) is 0 Å². The number of halogens is 4. The molecule has 0 unspecified atom stereocenters. The van der Waals surface area contributed by atoms with Gasteiger partial charge in [0.05, 0.1) is 23.7 Å². The summed E-state index contributed by atoms with van der Waals surface area (Å²) < 4.78 is 59.5. The number of aromatic carboxylic acids is 1. The van der Waals surface area contributed by atoms with Crippen molar-refractivity contribution in [3.63, 3.8) is 0 Å². The van der Waals surface area contributed by atoms with Crippen LogP contribution in [0.4, 0.5) is 17.6 Å². The average Bonchev–Trinajstić information content (AvgIpc) is 2.59. The number of ether oxygens (including phenoxy) is 1. The molecule has 0 amide bonds. The van der Waals surface area contributed by atoms with E-state index in [9.17, 15) is 22.4 Å². The van der Waals surface area contributed by atoms with Crippen molar-refractivity contribution in [2.24, 2.45) is 0 Å². The van der Waals surface area contributed by atoms with Crippen LogP contribution in [0.1, 0.15) is 16.1 Å². The summed E-state index contributed by atoms with van der Waals surface area (Å²) in [4.78, 5) is 18.4. The normalized spacial score (nSPS) is 11.6. The van der Waals surface area contributed by atoms with Crippen LogP contribution in [0.15, 0.2) is 36.4 Å². The third kappa shape index (κ3) is 3.15. The number of carboxylic acid groups (broad SMARTS) is 1. The first-order valence-electron chi connectivity index (χ1n) is 7.17. The van der Waals surface area contributed by atoms with Crippen LogP contribution < -0.4 is 4.74 Å². The third-order valence-electron chi connectivity index (χ3n) is 3.61. The van der Waals surface area contributed by atoms with E-state index in [4.69, 9.17) is 9.84 Å². The number of benzene rings is 2. The van der Waals surface area contributed by atoms with E-state index in [1.807, 2.05) is 0 Å². The van der Waals surface area contributed by atoms with Gasteiger partial charge in [-0.1, -0.05) is 0 Å². The van der Waals surface area contributed by atoms with E-state index in [2.05, 4.69) is 9.97 Å². The summed E-state index contributed by atoms with van der Waals surface area (Å²) in [5.74, 6) is -2.24. The number of hydrogen-bond acceptors (Lipinski definition) is 4. The molecule has 2 aromatic carbocycles. The second-order valence-electron chi connectivity index (χ2n) is 5.27. The highest BCUT2D eigenvalue weighted by molar-refractivity contribution is 5.88. The van der Waals surface area contributed by atoms with E-state index in [0.29, 0.717) is 11.8 Å². The smallest absolute Gasteiger partial charge is 0.435 e. The van der Waals surface area contributed by atoms with E-state index in [0.717, 1.165) is 12.1 Å². The van der Waals surface area contributed by atoms with E-state index in [-0.39, 0.29) is 11.0 Å². The number of methoxy groups -OCH3 is 1. The summed E-state index contributed by atoms with van der Waals surface area (Å²) in [5, 5.41) is 8.86. The van der Waals surface area contributed by atoms with Crippen LogP contribution in [0.25, 0.3) is 22.3 Å². The van der Waals surface area contributed by atoms with Gasteiger partial charge in [0.1, 0.15) is 17.3 Å². The summed E-state index contributed by atoms with van der Waals surface area (Å²) in [7, 11) is 1.35. The molecule has 0 aliphatic carbocycles. The molecule has 26 heavy (non-hydrogen) atoms. The van der Waals surface area contributed by atoms with Crippen molar-refractivity contribution in [3.8, 4) is 17.0 Å². The molecule has 0 aliphatic heterocycles. The van der Waals surface area contributed by atoms with Gasteiger partial charge in [0.25, 0.3) is 0 Å². The summed E-state index contributed by atoms with van der Waals surface area (Å²) in [6.07, 6.45) is -4.89. The second-order valence-corrected chi connectivity index (χ2v) is 5.27. The van der Waals surface area contributed by atoms with Crippen molar-refractivity contribution in [3.05, 3.63) is 53.5 Å². The van der Waals surface area contributed by atoms with Crippen LogP contribution in [-0.2, 0) is 6.18 Å². The standard InChI is InChI=1S/C17H10F4N2O3/c1-26-9-3-5-12-13(7-9)23-15(17(19,20)21)14(22-12)10-4-2-8(16(24)25)6-11(10)18/h2-7H,1H3,(H,24,25). The molecule has 3 rings (SSSR count). The SMILES string of the molecule is COc1ccc2nc(-c3ccc(C(=O)O)cc3F)c(C(F)(F)F)nc2c1. The number of carboxylic acids is 1.